The number of hydrogen-bond acceptors (Lipinski definition) is 5. The van der Waals surface area contributed by atoms with E-state index in [1.165, 1.54) is 47.8 Å². The SMILES string of the molecule is COC(=O)c1ccc(NC(=O)CN(C2CCCCC2)S(=O)(=O)c2ccc(Cl)cc2)cc1. The molecule has 0 aliphatic heterocycles. The highest BCUT2D eigenvalue weighted by Crippen LogP contribution is 2.28. The Kier molecular flexibility index (Phi) is 7.69. The van der Waals surface area contributed by atoms with E-state index in [9.17, 15) is 18.0 Å². The van der Waals surface area contributed by atoms with Crippen LogP contribution in [-0.2, 0) is 19.6 Å². The topological polar surface area (TPSA) is 92.8 Å². The Bertz CT molecular complexity index is 1020. The minimum atomic E-state index is -3.87. The first-order chi connectivity index (χ1) is 14.8. The Morgan fingerprint density at radius 1 is 1.03 bits per heavy atom. The minimum Gasteiger partial charge on any atom is -0.465 e. The fourth-order valence-electron chi connectivity index (χ4n) is 3.67. The third-order valence-corrected chi connectivity index (χ3v) is 7.46. The minimum absolute atomic E-state index is 0.109. The predicted octanol–water partition coefficient (Wildman–Crippen LogP) is 4.09. The molecule has 0 unspecified atom stereocenters. The average molecular weight is 465 g/mol. The van der Waals surface area contributed by atoms with Crippen molar-refractivity contribution in [1.29, 1.82) is 0 Å². The molecule has 31 heavy (non-hydrogen) atoms. The molecule has 166 valence electrons. The maximum Gasteiger partial charge on any atom is 0.337 e. The number of rotatable bonds is 7. The predicted molar refractivity (Wildman–Crippen MR) is 119 cm³/mol. The van der Waals surface area contributed by atoms with E-state index in [1.54, 1.807) is 12.1 Å². The standard InChI is InChI=1S/C22H25ClN2O5S/c1-30-22(27)16-7-11-18(12-8-16)24-21(26)15-25(19-5-3-2-4-6-19)31(28,29)20-13-9-17(23)10-14-20/h7-14,19H,2-6,15H2,1H3,(H,24,26). The summed E-state index contributed by atoms with van der Waals surface area (Å²) in [5, 5.41) is 3.15. The fourth-order valence-corrected chi connectivity index (χ4v) is 5.44. The molecule has 0 heterocycles. The summed E-state index contributed by atoms with van der Waals surface area (Å²) in [7, 11) is -2.58. The summed E-state index contributed by atoms with van der Waals surface area (Å²) < 4.78 is 32.6. The lowest BCUT2D eigenvalue weighted by molar-refractivity contribution is -0.116. The fraction of sp³-hybridized carbons (Fsp3) is 0.364. The number of carbonyl (C=O) groups is 2. The molecular formula is C22H25ClN2O5S. The summed E-state index contributed by atoms with van der Waals surface area (Å²) in [6, 6.07) is 11.9. The molecule has 0 saturated heterocycles. The number of benzene rings is 2. The van der Waals surface area contributed by atoms with E-state index in [1.807, 2.05) is 0 Å². The van der Waals surface area contributed by atoms with Gasteiger partial charge in [0.05, 0.1) is 24.1 Å². The van der Waals surface area contributed by atoms with Crippen LogP contribution in [0, 0.1) is 0 Å². The van der Waals surface area contributed by atoms with Crippen LogP contribution in [0.1, 0.15) is 42.5 Å². The number of nitrogens with zero attached hydrogens (tertiary/aromatic N) is 1. The van der Waals surface area contributed by atoms with Crippen LogP contribution in [0.2, 0.25) is 5.02 Å². The Morgan fingerprint density at radius 2 is 1.65 bits per heavy atom. The number of carbonyl (C=O) groups excluding carboxylic acids is 2. The third-order valence-electron chi connectivity index (χ3n) is 5.29. The van der Waals surface area contributed by atoms with Gasteiger partial charge >= 0.3 is 5.97 Å². The molecule has 1 saturated carbocycles. The van der Waals surface area contributed by atoms with E-state index < -0.39 is 21.9 Å². The second kappa shape index (κ2) is 10.3. The second-order valence-corrected chi connectivity index (χ2v) is 9.74. The maximum atomic E-state index is 13.3. The monoisotopic (exact) mass is 464 g/mol. The summed E-state index contributed by atoms with van der Waals surface area (Å²) in [5.41, 5.74) is 0.819. The quantitative estimate of drug-likeness (QED) is 0.623. The number of ether oxygens (including phenoxy) is 1. The number of esters is 1. The molecule has 1 fully saturated rings. The molecule has 0 radical (unpaired) electrons. The van der Waals surface area contributed by atoms with E-state index in [4.69, 9.17) is 11.6 Å². The Balaban J connectivity index is 1.79. The van der Waals surface area contributed by atoms with Gasteiger partial charge in [-0.2, -0.15) is 4.31 Å². The van der Waals surface area contributed by atoms with Gasteiger partial charge in [0.25, 0.3) is 0 Å². The first kappa shape index (κ1) is 23.2. The van der Waals surface area contributed by atoms with Gasteiger partial charge in [0.1, 0.15) is 0 Å². The van der Waals surface area contributed by atoms with Crippen LogP contribution in [-0.4, -0.2) is 44.3 Å². The first-order valence-electron chi connectivity index (χ1n) is 10.1. The number of nitrogens with one attached hydrogen (secondary N) is 1. The summed E-state index contributed by atoms with van der Waals surface area (Å²) in [6.45, 7) is -0.297. The number of sulfonamides is 1. The smallest absolute Gasteiger partial charge is 0.337 e. The van der Waals surface area contributed by atoms with E-state index >= 15 is 0 Å². The van der Waals surface area contributed by atoms with Crippen molar-refractivity contribution in [2.75, 3.05) is 19.0 Å². The van der Waals surface area contributed by atoms with Gasteiger partial charge < -0.3 is 10.1 Å². The van der Waals surface area contributed by atoms with Crippen molar-refractivity contribution in [3.05, 3.63) is 59.1 Å². The number of hydrogen-bond donors (Lipinski definition) is 1. The van der Waals surface area contributed by atoms with Gasteiger partial charge in [-0.15, -0.1) is 0 Å². The van der Waals surface area contributed by atoms with E-state index in [-0.39, 0.29) is 17.5 Å². The van der Waals surface area contributed by atoms with Crippen LogP contribution in [0.4, 0.5) is 5.69 Å². The Morgan fingerprint density at radius 3 is 2.23 bits per heavy atom. The molecule has 2 aromatic carbocycles. The van der Waals surface area contributed by atoms with Gasteiger partial charge in [-0.1, -0.05) is 30.9 Å². The summed E-state index contributed by atoms with van der Waals surface area (Å²) >= 11 is 5.90. The molecule has 1 amide bonds. The van der Waals surface area contributed by atoms with Crippen LogP contribution >= 0.6 is 11.6 Å². The van der Waals surface area contributed by atoms with Crippen molar-refractivity contribution >= 4 is 39.2 Å². The van der Waals surface area contributed by atoms with Crippen molar-refractivity contribution in [3.8, 4) is 0 Å². The van der Waals surface area contributed by atoms with Gasteiger partial charge in [0.2, 0.25) is 15.9 Å². The number of anilines is 1. The molecular weight excluding hydrogens is 440 g/mol. The molecule has 1 aliphatic carbocycles. The largest absolute Gasteiger partial charge is 0.465 e. The lowest BCUT2D eigenvalue weighted by Gasteiger charge is -2.33. The molecule has 0 atom stereocenters. The molecule has 3 rings (SSSR count). The number of methoxy groups -OCH3 is 1. The van der Waals surface area contributed by atoms with Gasteiger partial charge in [-0.3, -0.25) is 4.79 Å². The Hall–Kier alpha value is -2.42. The molecule has 9 heteroatoms. The zero-order valence-electron chi connectivity index (χ0n) is 17.2. The molecule has 2 aromatic rings. The van der Waals surface area contributed by atoms with Gasteiger partial charge in [0, 0.05) is 16.8 Å². The number of amides is 1. The van der Waals surface area contributed by atoms with Gasteiger partial charge in [-0.05, 0) is 61.4 Å². The van der Waals surface area contributed by atoms with Crippen LogP contribution in [0.25, 0.3) is 0 Å². The van der Waals surface area contributed by atoms with Gasteiger partial charge in [0.15, 0.2) is 0 Å². The maximum absolute atomic E-state index is 13.3. The molecule has 0 spiro atoms. The molecule has 1 aliphatic rings. The van der Waals surface area contributed by atoms with Crippen molar-refractivity contribution in [1.82, 2.24) is 4.31 Å². The Labute approximate surface area is 187 Å². The molecule has 0 bridgehead atoms. The highest BCUT2D eigenvalue weighted by atomic mass is 35.5. The van der Waals surface area contributed by atoms with Crippen LogP contribution < -0.4 is 5.32 Å². The highest BCUT2D eigenvalue weighted by molar-refractivity contribution is 7.89. The lowest BCUT2D eigenvalue weighted by Crippen LogP contribution is -2.45. The normalized spacial score (nSPS) is 14.9. The second-order valence-electron chi connectivity index (χ2n) is 7.41. The van der Waals surface area contributed by atoms with E-state index in [0.29, 0.717) is 29.1 Å². The van der Waals surface area contributed by atoms with Crippen LogP contribution in [0.3, 0.4) is 0 Å². The van der Waals surface area contributed by atoms with Crippen molar-refractivity contribution in [2.45, 2.75) is 43.0 Å². The molecule has 7 nitrogen and oxygen atoms in total. The lowest BCUT2D eigenvalue weighted by atomic mass is 9.95. The van der Waals surface area contributed by atoms with Crippen molar-refractivity contribution < 1.29 is 22.7 Å². The van der Waals surface area contributed by atoms with Crippen LogP contribution in [0.15, 0.2) is 53.4 Å². The van der Waals surface area contributed by atoms with Crippen molar-refractivity contribution in [2.24, 2.45) is 0 Å². The number of halogens is 1. The third kappa shape index (κ3) is 5.84. The average Bonchev–Trinajstić information content (AvgIpc) is 2.78. The first-order valence-corrected chi connectivity index (χ1v) is 11.9. The molecule has 1 N–H and O–H groups in total. The summed E-state index contributed by atoms with van der Waals surface area (Å²) in [4.78, 5) is 24.4. The summed E-state index contributed by atoms with van der Waals surface area (Å²) in [5.74, 6) is -0.927. The zero-order chi connectivity index (χ0) is 22.4. The van der Waals surface area contributed by atoms with Crippen molar-refractivity contribution in [3.63, 3.8) is 0 Å². The summed E-state index contributed by atoms with van der Waals surface area (Å²) in [6.07, 6.45) is 4.34. The highest BCUT2D eigenvalue weighted by Gasteiger charge is 2.34. The zero-order valence-corrected chi connectivity index (χ0v) is 18.8. The van der Waals surface area contributed by atoms with Gasteiger partial charge in [-0.25, -0.2) is 13.2 Å². The molecule has 0 aromatic heterocycles. The van der Waals surface area contributed by atoms with Crippen LogP contribution in [0.5, 0.6) is 0 Å². The van der Waals surface area contributed by atoms with E-state index in [0.717, 1.165) is 19.3 Å². The van der Waals surface area contributed by atoms with E-state index in [2.05, 4.69) is 10.1 Å².